The van der Waals surface area contributed by atoms with Crippen LogP contribution in [0.1, 0.15) is 21.5 Å². The lowest BCUT2D eigenvalue weighted by molar-refractivity contribution is -0.115. The van der Waals surface area contributed by atoms with Crippen LogP contribution in [0.15, 0.2) is 52.6 Å². The molecule has 26 heavy (non-hydrogen) atoms. The molecule has 3 rings (SSSR count). The molecular weight excluding hydrogens is 404 g/mol. The predicted octanol–water partition coefficient (Wildman–Crippen LogP) is 2.91. The third-order valence-corrected chi connectivity index (χ3v) is 4.08. The Morgan fingerprint density at radius 2 is 1.85 bits per heavy atom. The van der Waals surface area contributed by atoms with Crippen LogP contribution >= 0.6 is 15.9 Å². The highest BCUT2D eigenvalue weighted by molar-refractivity contribution is 9.10. The SMILES string of the molecule is O=C1NC(=O)C(=Cc2cc(Br)ccc2OCc2ccc(C(=O)O)cc2)N1. The van der Waals surface area contributed by atoms with Gasteiger partial charge in [-0.1, -0.05) is 28.1 Å². The average Bonchev–Trinajstić information content (AvgIpc) is 2.92. The van der Waals surface area contributed by atoms with Crippen LogP contribution in [0.4, 0.5) is 4.79 Å². The van der Waals surface area contributed by atoms with Crippen LogP contribution in [-0.4, -0.2) is 23.0 Å². The van der Waals surface area contributed by atoms with E-state index in [1.54, 1.807) is 30.3 Å². The van der Waals surface area contributed by atoms with Gasteiger partial charge in [0.2, 0.25) is 0 Å². The Kier molecular flexibility index (Phi) is 5.04. The zero-order valence-electron chi connectivity index (χ0n) is 13.3. The number of amides is 3. The summed E-state index contributed by atoms with van der Waals surface area (Å²) in [6.07, 6.45) is 1.52. The summed E-state index contributed by atoms with van der Waals surface area (Å²) in [4.78, 5) is 33.8. The van der Waals surface area contributed by atoms with Gasteiger partial charge in [-0.2, -0.15) is 0 Å². The minimum Gasteiger partial charge on any atom is -0.488 e. The van der Waals surface area contributed by atoms with Crippen molar-refractivity contribution in [3.8, 4) is 5.75 Å². The van der Waals surface area contributed by atoms with E-state index in [2.05, 4.69) is 26.6 Å². The summed E-state index contributed by atoms with van der Waals surface area (Å²) in [7, 11) is 0. The number of hydrogen-bond donors (Lipinski definition) is 3. The van der Waals surface area contributed by atoms with E-state index in [0.29, 0.717) is 11.3 Å². The molecule has 0 saturated carbocycles. The maximum Gasteiger partial charge on any atom is 0.335 e. The molecule has 8 heteroatoms. The molecule has 0 unspecified atom stereocenters. The van der Waals surface area contributed by atoms with Gasteiger partial charge in [-0.05, 0) is 42.0 Å². The molecule has 132 valence electrons. The highest BCUT2D eigenvalue weighted by Gasteiger charge is 2.23. The van der Waals surface area contributed by atoms with Crippen LogP contribution in [0.2, 0.25) is 0 Å². The number of carboxylic acid groups (broad SMARTS) is 1. The van der Waals surface area contributed by atoms with Crippen LogP contribution in [0.3, 0.4) is 0 Å². The van der Waals surface area contributed by atoms with E-state index in [4.69, 9.17) is 9.84 Å². The highest BCUT2D eigenvalue weighted by Crippen LogP contribution is 2.26. The van der Waals surface area contributed by atoms with E-state index in [1.807, 2.05) is 0 Å². The van der Waals surface area contributed by atoms with Crippen molar-refractivity contribution in [2.45, 2.75) is 6.61 Å². The number of aromatic carboxylic acids is 1. The Morgan fingerprint density at radius 1 is 1.12 bits per heavy atom. The molecular formula is C18H13BrN2O5. The fourth-order valence-corrected chi connectivity index (χ4v) is 2.68. The molecule has 0 radical (unpaired) electrons. The van der Waals surface area contributed by atoms with Crippen molar-refractivity contribution in [2.24, 2.45) is 0 Å². The Bertz CT molecular complexity index is 922. The molecule has 1 aliphatic rings. The number of carbonyl (C=O) groups is 3. The van der Waals surface area contributed by atoms with E-state index in [-0.39, 0.29) is 17.9 Å². The maximum absolute atomic E-state index is 11.7. The minimum absolute atomic E-state index is 0.128. The van der Waals surface area contributed by atoms with Gasteiger partial charge in [0.1, 0.15) is 18.1 Å². The Hall–Kier alpha value is -3.13. The number of nitrogens with one attached hydrogen (secondary N) is 2. The molecule has 1 saturated heterocycles. The third-order valence-electron chi connectivity index (χ3n) is 3.59. The average molecular weight is 417 g/mol. The number of rotatable bonds is 5. The number of imide groups is 1. The van der Waals surface area contributed by atoms with Crippen molar-refractivity contribution in [3.05, 3.63) is 69.3 Å². The fourth-order valence-electron chi connectivity index (χ4n) is 2.31. The second kappa shape index (κ2) is 7.40. The van der Waals surface area contributed by atoms with Crippen LogP contribution < -0.4 is 15.4 Å². The summed E-state index contributed by atoms with van der Waals surface area (Å²) in [5.41, 5.74) is 1.73. The van der Waals surface area contributed by atoms with Gasteiger partial charge in [0, 0.05) is 10.0 Å². The molecule has 2 aromatic rings. The van der Waals surface area contributed by atoms with Crippen LogP contribution in [-0.2, 0) is 11.4 Å². The number of hydrogen-bond acceptors (Lipinski definition) is 4. The Morgan fingerprint density at radius 3 is 2.46 bits per heavy atom. The number of urea groups is 1. The largest absolute Gasteiger partial charge is 0.488 e. The van der Waals surface area contributed by atoms with Gasteiger partial charge in [-0.25, -0.2) is 9.59 Å². The van der Waals surface area contributed by atoms with Crippen molar-refractivity contribution in [3.63, 3.8) is 0 Å². The first-order chi connectivity index (χ1) is 12.4. The molecule has 0 bridgehead atoms. The molecule has 3 N–H and O–H groups in total. The van der Waals surface area contributed by atoms with Crippen LogP contribution in [0, 0.1) is 0 Å². The number of carbonyl (C=O) groups excluding carboxylic acids is 2. The first-order valence-electron chi connectivity index (χ1n) is 7.51. The first-order valence-corrected chi connectivity index (χ1v) is 8.30. The predicted molar refractivity (Wildman–Crippen MR) is 96.5 cm³/mol. The van der Waals surface area contributed by atoms with Gasteiger partial charge in [0.05, 0.1) is 5.56 Å². The summed E-state index contributed by atoms with van der Waals surface area (Å²) in [6, 6.07) is 11.1. The minimum atomic E-state index is -0.990. The van der Waals surface area contributed by atoms with Gasteiger partial charge in [0.15, 0.2) is 0 Å². The summed E-state index contributed by atoms with van der Waals surface area (Å²) >= 11 is 3.36. The van der Waals surface area contributed by atoms with Crippen LogP contribution in [0.25, 0.3) is 6.08 Å². The smallest absolute Gasteiger partial charge is 0.335 e. The molecule has 0 atom stereocenters. The lowest BCUT2D eigenvalue weighted by atomic mass is 10.1. The van der Waals surface area contributed by atoms with E-state index < -0.39 is 17.9 Å². The van der Waals surface area contributed by atoms with Gasteiger partial charge >= 0.3 is 12.0 Å². The molecule has 0 aromatic heterocycles. The van der Waals surface area contributed by atoms with Gasteiger partial charge in [-0.3, -0.25) is 10.1 Å². The van der Waals surface area contributed by atoms with Crippen molar-refractivity contribution in [1.29, 1.82) is 0 Å². The normalized spacial score (nSPS) is 14.9. The number of benzene rings is 2. The molecule has 7 nitrogen and oxygen atoms in total. The summed E-state index contributed by atoms with van der Waals surface area (Å²) in [6.45, 7) is 0.219. The molecule has 3 amide bonds. The van der Waals surface area contributed by atoms with Crippen molar-refractivity contribution in [1.82, 2.24) is 10.6 Å². The topological polar surface area (TPSA) is 105 Å². The van der Waals surface area contributed by atoms with Gasteiger partial charge in [-0.15, -0.1) is 0 Å². The molecule has 1 heterocycles. The molecule has 1 fully saturated rings. The molecule has 2 aromatic carbocycles. The summed E-state index contributed by atoms with van der Waals surface area (Å²) in [5.74, 6) is -0.988. The van der Waals surface area contributed by atoms with Crippen LogP contribution in [0.5, 0.6) is 5.75 Å². The molecule has 1 aliphatic heterocycles. The van der Waals surface area contributed by atoms with E-state index in [9.17, 15) is 14.4 Å². The number of ether oxygens (including phenoxy) is 1. The van der Waals surface area contributed by atoms with E-state index >= 15 is 0 Å². The fraction of sp³-hybridized carbons (Fsp3) is 0.0556. The Labute approximate surface area is 156 Å². The summed E-state index contributed by atoms with van der Waals surface area (Å²) < 4.78 is 6.58. The second-order valence-electron chi connectivity index (χ2n) is 5.44. The Balaban J connectivity index is 1.80. The monoisotopic (exact) mass is 416 g/mol. The highest BCUT2D eigenvalue weighted by atomic mass is 79.9. The van der Waals surface area contributed by atoms with E-state index in [1.165, 1.54) is 18.2 Å². The second-order valence-corrected chi connectivity index (χ2v) is 6.35. The maximum atomic E-state index is 11.7. The van der Waals surface area contributed by atoms with Crippen molar-refractivity contribution in [2.75, 3.05) is 0 Å². The first kappa shape index (κ1) is 17.7. The number of carboxylic acids is 1. The standard InChI is InChI=1S/C18H13BrN2O5/c19-13-5-6-15(12(7-13)8-14-16(22)21-18(25)20-14)26-9-10-1-3-11(4-2-10)17(23)24/h1-8H,9H2,(H,23,24)(H2,20,21,22,25). The number of halogens is 1. The van der Waals surface area contributed by atoms with Gasteiger partial charge in [0.25, 0.3) is 5.91 Å². The molecule has 0 aliphatic carbocycles. The summed E-state index contributed by atoms with van der Waals surface area (Å²) in [5, 5.41) is 13.5. The lowest BCUT2D eigenvalue weighted by Crippen LogP contribution is -2.22. The van der Waals surface area contributed by atoms with E-state index in [0.717, 1.165) is 10.0 Å². The third kappa shape index (κ3) is 4.09. The quantitative estimate of drug-likeness (QED) is 0.513. The zero-order chi connectivity index (χ0) is 18.7. The zero-order valence-corrected chi connectivity index (χ0v) is 14.9. The van der Waals surface area contributed by atoms with Crippen molar-refractivity contribution >= 4 is 39.9 Å². The molecule has 0 spiro atoms. The lowest BCUT2D eigenvalue weighted by Gasteiger charge is -2.10. The van der Waals surface area contributed by atoms with Gasteiger partial charge < -0.3 is 15.2 Å². The van der Waals surface area contributed by atoms with Crippen molar-refractivity contribution < 1.29 is 24.2 Å².